The van der Waals surface area contributed by atoms with Crippen LogP contribution in [0.5, 0.6) is 0 Å². The lowest BCUT2D eigenvalue weighted by Gasteiger charge is -2.26. The van der Waals surface area contributed by atoms with Crippen LogP contribution >= 0.6 is 11.6 Å². The van der Waals surface area contributed by atoms with Crippen LogP contribution in [0.15, 0.2) is 119 Å². The minimum Gasteiger partial charge on any atom is -0.378 e. The summed E-state index contributed by atoms with van der Waals surface area (Å²) in [5.41, 5.74) is 8.96. The van der Waals surface area contributed by atoms with Crippen molar-refractivity contribution in [3.63, 3.8) is 0 Å². The van der Waals surface area contributed by atoms with Crippen molar-refractivity contribution in [2.24, 2.45) is 0 Å². The summed E-state index contributed by atoms with van der Waals surface area (Å²) < 4.78 is 2.35. The summed E-state index contributed by atoms with van der Waals surface area (Å²) in [7, 11) is 2.19. The lowest BCUT2D eigenvalue weighted by Crippen LogP contribution is -2.31. The van der Waals surface area contributed by atoms with E-state index >= 15 is 0 Å². The maximum absolute atomic E-state index is 7.09. The van der Waals surface area contributed by atoms with E-state index in [-0.39, 0.29) is 16.9 Å². The maximum atomic E-state index is 7.09. The van der Waals surface area contributed by atoms with Gasteiger partial charge in [0.05, 0.1) is 11.5 Å². The molecule has 2 heterocycles. The van der Waals surface area contributed by atoms with E-state index in [1.54, 1.807) is 0 Å². The number of rotatable bonds is 4. The molecule has 2 nitrogen and oxygen atoms in total. The fourth-order valence-electron chi connectivity index (χ4n) is 7.74. The highest BCUT2D eigenvalue weighted by Gasteiger charge is 2.44. The Labute approximate surface area is 260 Å². The molecule has 216 valence electrons. The van der Waals surface area contributed by atoms with Gasteiger partial charge in [-0.1, -0.05) is 104 Å². The molecule has 0 radical (unpaired) electrons. The van der Waals surface area contributed by atoms with Gasteiger partial charge in [0.25, 0.3) is 0 Å². The zero-order chi connectivity index (χ0) is 29.9. The molecule has 0 amide bonds. The minimum absolute atomic E-state index is 0.0223. The van der Waals surface area contributed by atoms with E-state index in [4.69, 9.17) is 11.6 Å². The molecule has 0 aromatic heterocycles. The smallest absolute Gasteiger partial charge is 0.210 e. The molecule has 1 aliphatic carbocycles. The van der Waals surface area contributed by atoms with Crippen molar-refractivity contribution in [2.75, 3.05) is 12.4 Å². The van der Waals surface area contributed by atoms with Gasteiger partial charge in [-0.3, -0.25) is 0 Å². The van der Waals surface area contributed by atoms with Gasteiger partial charge >= 0.3 is 0 Å². The van der Waals surface area contributed by atoms with E-state index in [1.165, 1.54) is 60.9 Å². The summed E-state index contributed by atoms with van der Waals surface area (Å²) in [5, 5.41) is 9.95. The standard InChI is InChI=1S/C40H40ClN2/c1-39(2)34(42-32-23-20-26-12-6-8-17-30(26)36(32)39)19-11-16-28-14-10-15-29(38(28)41)22-25-35-40(3,4)37-31-18-9-7-13-27(31)21-24-33(37)43(35)5/h6-9,11-13,16-25,34,42H,10,14-15H2,1-5H3/q+1/b19-11+,25-22+,28-16+. The molecule has 0 spiro atoms. The summed E-state index contributed by atoms with van der Waals surface area (Å²) in [4.78, 5) is 0. The lowest BCUT2D eigenvalue weighted by molar-refractivity contribution is -0.401. The second-order valence-electron chi connectivity index (χ2n) is 13.4. The predicted molar refractivity (Wildman–Crippen MR) is 185 cm³/mol. The average Bonchev–Trinajstić information content (AvgIpc) is 3.38. The van der Waals surface area contributed by atoms with Crippen LogP contribution < -0.4 is 5.32 Å². The van der Waals surface area contributed by atoms with Crippen LogP contribution in [0.1, 0.15) is 58.1 Å². The molecule has 4 aromatic rings. The number of nitrogens with one attached hydrogen (secondary N) is 1. The van der Waals surface area contributed by atoms with Gasteiger partial charge in [0, 0.05) is 33.8 Å². The first kappa shape index (κ1) is 27.9. The number of hydrogen-bond donors (Lipinski definition) is 1. The molecule has 1 unspecified atom stereocenters. The van der Waals surface area contributed by atoms with Crippen molar-refractivity contribution < 1.29 is 4.58 Å². The van der Waals surface area contributed by atoms with Gasteiger partial charge in [0.2, 0.25) is 5.69 Å². The number of anilines is 1. The molecule has 2 aliphatic heterocycles. The first-order chi connectivity index (χ1) is 20.7. The third-order valence-electron chi connectivity index (χ3n) is 10.1. The van der Waals surface area contributed by atoms with E-state index in [0.29, 0.717) is 0 Å². The van der Waals surface area contributed by atoms with E-state index in [9.17, 15) is 0 Å². The van der Waals surface area contributed by atoms with E-state index in [1.807, 2.05) is 0 Å². The Kier molecular flexibility index (Phi) is 6.74. The van der Waals surface area contributed by atoms with Crippen LogP contribution in [0, 0.1) is 0 Å². The van der Waals surface area contributed by atoms with Gasteiger partial charge in [0.1, 0.15) is 7.05 Å². The molecule has 1 atom stereocenters. The van der Waals surface area contributed by atoms with Crippen LogP contribution in [-0.2, 0) is 10.8 Å². The molecule has 0 bridgehead atoms. The molecule has 3 aliphatic rings. The molecule has 3 heteroatoms. The summed E-state index contributed by atoms with van der Waals surface area (Å²) in [6, 6.07) is 26.6. The number of allylic oxidation sites excluding steroid dienone is 7. The van der Waals surface area contributed by atoms with Crippen LogP contribution in [0.3, 0.4) is 0 Å². The number of hydrogen-bond acceptors (Lipinski definition) is 1. The third kappa shape index (κ3) is 4.50. The van der Waals surface area contributed by atoms with Crippen molar-refractivity contribution in [1.29, 1.82) is 0 Å². The van der Waals surface area contributed by atoms with Gasteiger partial charge in [0.15, 0.2) is 5.71 Å². The van der Waals surface area contributed by atoms with Crippen molar-refractivity contribution in [1.82, 2.24) is 0 Å². The van der Waals surface area contributed by atoms with Gasteiger partial charge in [-0.2, -0.15) is 4.58 Å². The van der Waals surface area contributed by atoms with Crippen LogP contribution in [0.2, 0.25) is 0 Å². The van der Waals surface area contributed by atoms with Crippen LogP contribution in [-0.4, -0.2) is 23.4 Å². The molecule has 0 saturated carbocycles. The zero-order valence-electron chi connectivity index (χ0n) is 25.8. The first-order valence-corrected chi connectivity index (χ1v) is 15.9. The summed E-state index contributed by atoms with van der Waals surface area (Å²) in [5.74, 6) is 0. The molecule has 0 saturated heterocycles. The van der Waals surface area contributed by atoms with Gasteiger partial charge < -0.3 is 5.32 Å². The third-order valence-corrected chi connectivity index (χ3v) is 10.5. The summed E-state index contributed by atoms with van der Waals surface area (Å²) >= 11 is 7.09. The Morgan fingerprint density at radius 1 is 0.814 bits per heavy atom. The maximum Gasteiger partial charge on any atom is 0.210 e. The largest absolute Gasteiger partial charge is 0.378 e. The average molecular weight is 584 g/mol. The topological polar surface area (TPSA) is 15.0 Å². The quantitative estimate of drug-likeness (QED) is 0.236. The highest BCUT2D eigenvalue weighted by molar-refractivity contribution is 6.32. The Morgan fingerprint density at radius 2 is 1.49 bits per heavy atom. The normalized spacial score (nSPS) is 21.9. The van der Waals surface area contributed by atoms with Crippen molar-refractivity contribution >= 4 is 50.2 Å². The Morgan fingerprint density at radius 3 is 2.23 bits per heavy atom. The number of nitrogens with zero attached hydrogens (tertiary/aromatic N) is 1. The van der Waals surface area contributed by atoms with Crippen LogP contribution in [0.4, 0.5) is 11.4 Å². The van der Waals surface area contributed by atoms with Gasteiger partial charge in [-0.15, -0.1) is 0 Å². The molecular weight excluding hydrogens is 544 g/mol. The van der Waals surface area contributed by atoms with Crippen molar-refractivity contribution in [2.45, 2.75) is 63.8 Å². The zero-order valence-corrected chi connectivity index (χ0v) is 26.6. The number of benzene rings is 4. The number of halogens is 1. The fraction of sp³-hybridized carbons (Fsp3) is 0.275. The second kappa shape index (κ2) is 10.4. The highest BCUT2D eigenvalue weighted by atomic mass is 35.5. The van der Waals surface area contributed by atoms with Crippen molar-refractivity contribution in [3.8, 4) is 0 Å². The van der Waals surface area contributed by atoms with E-state index < -0.39 is 0 Å². The summed E-state index contributed by atoms with van der Waals surface area (Å²) in [6.07, 6.45) is 14.4. The first-order valence-electron chi connectivity index (χ1n) is 15.5. The lowest BCUT2D eigenvalue weighted by atomic mass is 9.78. The highest BCUT2D eigenvalue weighted by Crippen LogP contribution is 2.46. The Hall–Kier alpha value is -3.88. The van der Waals surface area contributed by atoms with Crippen LogP contribution in [0.25, 0.3) is 21.5 Å². The molecule has 4 aromatic carbocycles. The van der Waals surface area contributed by atoms with Gasteiger partial charge in [-0.25, -0.2) is 0 Å². The summed E-state index contributed by atoms with van der Waals surface area (Å²) in [6.45, 7) is 9.37. The SMILES string of the molecule is C[N+]1=C(/C=C/C2=C(Cl)C(=C/C=C/C3Nc4ccc5ccccc5c4C3(C)C)/CCC2)C(C)(C)c2c1ccc1ccccc21. The molecule has 43 heavy (non-hydrogen) atoms. The predicted octanol–water partition coefficient (Wildman–Crippen LogP) is 10.5. The second-order valence-corrected chi connectivity index (χ2v) is 13.8. The minimum atomic E-state index is -0.103. The molecule has 1 N–H and O–H groups in total. The fourth-order valence-corrected chi connectivity index (χ4v) is 8.06. The molecular formula is C40H40ClN2+. The monoisotopic (exact) mass is 583 g/mol. The Balaban J connectivity index is 1.14. The molecule has 0 fully saturated rings. The van der Waals surface area contributed by atoms with E-state index in [2.05, 4.69) is 148 Å². The van der Waals surface area contributed by atoms with E-state index in [0.717, 1.165) is 24.3 Å². The van der Waals surface area contributed by atoms with Crippen molar-refractivity contribution in [3.05, 3.63) is 130 Å². The Bertz CT molecular complexity index is 1950. The number of fused-ring (bicyclic) bond motifs is 6. The van der Waals surface area contributed by atoms with Gasteiger partial charge in [-0.05, 0) is 83.5 Å². The molecule has 7 rings (SSSR count).